The van der Waals surface area contributed by atoms with Crippen LogP contribution in [-0.4, -0.2) is 27.5 Å². The topological polar surface area (TPSA) is 52.9 Å². The van der Waals surface area contributed by atoms with Gasteiger partial charge in [-0.15, -0.1) is 0 Å². The molecule has 0 fully saturated rings. The Morgan fingerprint density at radius 1 is 1.35 bits per heavy atom. The lowest BCUT2D eigenvalue weighted by atomic mass is 9.80. The molecule has 0 spiro atoms. The molecule has 0 bridgehead atoms. The molecule has 1 N–H and O–H groups in total. The second-order valence-electron chi connectivity index (χ2n) is 6.20. The number of hydrogen-bond acceptors (Lipinski definition) is 3. The Hall–Kier alpha value is -1.39. The van der Waals surface area contributed by atoms with Gasteiger partial charge >= 0.3 is 0 Å². The molecular weight excluding hydrogens is 276 g/mol. The largest absolute Gasteiger partial charge is 0.368 e. The first kappa shape index (κ1) is 15.0. The number of halogens is 1. The molecule has 1 aromatic carbocycles. The van der Waals surface area contributed by atoms with Crippen LogP contribution in [0.5, 0.6) is 0 Å². The zero-order valence-electron chi connectivity index (χ0n) is 12.1. The molecule has 1 aliphatic heterocycles. The van der Waals surface area contributed by atoms with E-state index in [1.807, 2.05) is 27.7 Å². The first-order chi connectivity index (χ1) is 9.15. The number of hydrogen-bond donors (Lipinski definition) is 1. The molecule has 0 saturated heterocycles. The average Bonchev–Trinajstić information content (AvgIpc) is 2.65. The number of amides is 1. The van der Waals surface area contributed by atoms with E-state index in [1.54, 1.807) is 24.3 Å². The molecule has 5 heteroatoms. The van der Waals surface area contributed by atoms with Crippen LogP contribution in [0, 0.1) is 5.41 Å². The minimum Gasteiger partial charge on any atom is -0.368 e. The summed E-state index contributed by atoms with van der Waals surface area (Å²) in [6.45, 7) is 7.49. The van der Waals surface area contributed by atoms with Gasteiger partial charge in [0.25, 0.3) is 5.91 Å². The molecule has 1 aliphatic rings. The summed E-state index contributed by atoms with van der Waals surface area (Å²) in [6, 6.07) is 6.57. The molecule has 0 aromatic heterocycles. The van der Waals surface area contributed by atoms with Crippen molar-refractivity contribution < 1.29 is 9.90 Å². The molecule has 4 nitrogen and oxygen atoms in total. The summed E-state index contributed by atoms with van der Waals surface area (Å²) in [5.74, 6) is -0.323. The van der Waals surface area contributed by atoms with Gasteiger partial charge in [-0.3, -0.25) is 4.79 Å². The molecule has 2 rings (SSSR count). The summed E-state index contributed by atoms with van der Waals surface area (Å²) in [5, 5.41) is 16.9. The Morgan fingerprint density at radius 2 is 1.90 bits per heavy atom. The van der Waals surface area contributed by atoms with E-state index >= 15 is 0 Å². The second-order valence-corrected chi connectivity index (χ2v) is 6.64. The zero-order chi connectivity index (χ0) is 15.1. The summed E-state index contributed by atoms with van der Waals surface area (Å²) >= 11 is 5.83. The van der Waals surface area contributed by atoms with Crippen molar-refractivity contribution in [2.24, 2.45) is 10.5 Å². The second kappa shape index (κ2) is 4.86. The predicted molar refractivity (Wildman–Crippen MR) is 79.8 cm³/mol. The fraction of sp³-hybridized carbons (Fsp3) is 0.467. The van der Waals surface area contributed by atoms with E-state index in [0.717, 1.165) is 5.71 Å². The number of aliphatic hydroxyl groups is 1. The highest BCUT2D eigenvalue weighted by Crippen LogP contribution is 2.41. The van der Waals surface area contributed by atoms with Gasteiger partial charge in [0.05, 0.1) is 0 Å². The van der Waals surface area contributed by atoms with Crippen LogP contribution in [0.4, 0.5) is 0 Å². The lowest BCUT2D eigenvalue weighted by Gasteiger charge is -2.41. The van der Waals surface area contributed by atoms with Crippen LogP contribution >= 0.6 is 11.6 Å². The Kier molecular flexibility index (Phi) is 3.65. The highest BCUT2D eigenvalue weighted by atomic mass is 35.5. The van der Waals surface area contributed by atoms with E-state index in [2.05, 4.69) is 5.10 Å². The van der Waals surface area contributed by atoms with Crippen LogP contribution in [0.3, 0.4) is 0 Å². The van der Waals surface area contributed by atoms with E-state index in [-0.39, 0.29) is 5.91 Å². The van der Waals surface area contributed by atoms with Crippen molar-refractivity contribution in [2.75, 3.05) is 0 Å². The third-order valence-electron chi connectivity index (χ3n) is 3.61. The number of carbonyl (C=O) groups is 1. The van der Waals surface area contributed by atoms with Crippen molar-refractivity contribution in [1.29, 1.82) is 0 Å². The SMILES string of the molecule is CC1=NN(C(=O)c2ccc(Cl)cc2)[C@@](O)(C(C)(C)C)C1. The van der Waals surface area contributed by atoms with Crippen LogP contribution in [0.1, 0.15) is 44.5 Å². The zero-order valence-corrected chi connectivity index (χ0v) is 12.9. The minimum atomic E-state index is -1.31. The van der Waals surface area contributed by atoms with E-state index in [9.17, 15) is 9.90 Å². The highest BCUT2D eigenvalue weighted by molar-refractivity contribution is 6.30. The predicted octanol–water partition coefficient (Wildman–Crippen LogP) is 3.30. The van der Waals surface area contributed by atoms with Crippen molar-refractivity contribution in [3.05, 3.63) is 34.9 Å². The van der Waals surface area contributed by atoms with Crippen LogP contribution in [0.2, 0.25) is 5.02 Å². The highest BCUT2D eigenvalue weighted by Gasteiger charge is 2.51. The van der Waals surface area contributed by atoms with Gasteiger partial charge in [0.1, 0.15) is 0 Å². The van der Waals surface area contributed by atoms with Crippen molar-refractivity contribution in [1.82, 2.24) is 5.01 Å². The molecule has 0 unspecified atom stereocenters. The van der Waals surface area contributed by atoms with E-state index in [1.165, 1.54) is 5.01 Å². The van der Waals surface area contributed by atoms with E-state index in [4.69, 9.17) is 11.6 Å². The third kappa shape index (κ3) is 2.45. The summed E-state index contributed by atoms with van der Waals surface area (Å²) < 4.78 is 0. The molecular formula is C15H19ClN2O2. The average molecular weight is 295 g/mol. The van der Waals surface area contributed by atoms with Gasteiger partial charge < -0.3 is 5.11 Å². The van der Waals surface area contributed by atoms with Crippen molar-refractivity contribution >= 4 is 23.2 Å². The van der Waals surface area contributed by atoms with Crippen LogP contribution in [-0.2, 0) is 0 Å². The van der Waals surface area contributed by atoms with Gasteiger partial charge in [0.2, 0.25) is 0 Å². The standard InChI is InChI=1S/C15H19ClN2O2/c1-10-9-15(20,14(2,3)4)18(17-10)13(19)11-5-7-12(16)8-6-11/h5-8,20H,9H2,1-4H3/t15-/m0/s1. The quantitative estimate of drug-likeness (QED) is 0.864. The minimum absolute atomic E-state index is 0.323. The van der Waals surface area contributed by atoms with Crippen molar-refractivity contribution in [3.8, 4) is 0 Å². The van der Waals surface area contributed by atoms with Crippen molar-refractivity contribution in [2.45, 2.75) is 39.8 Å². The maximum atomic E-state index is 12.6. The molecule has 1 heterocycles. The Labute approximate surface area is 124 Å². The summed E-state index contributed by atoms with van der Waals surface area (Å²) in [4.78, 5) is 12.6. The number of nitrogens with zero attached hydrogens (tertiary/aromatic N) is 2. The van der Waals surface area contributed by atoms with Gasteiger partial charge in [-0.05, 0) is 31.2 Å². The Morgan fingerprint density at radius 3 is 2.40 bits per heavy atom. The molecule has 0 radical (unpaired) electrons. The molecule has 1 atom stereocenters. The first-order valence-electron chi connectivity index (χ1n) is 6.52. The maximum absolute atomic E-state index is 12.6. The lowest BCUT2D eigenvalue weighted by Crippen LogP contribution is -2.54. The van der Waals surface area contributed by atoms with Gasteiger partial charge in [-0.2, -0.15) is 10.1 Å². The van der Waals surface area contributed by atoms with Gasteiger partial charge in [-0.1, -0.05) is 32.4 Å². The maximum Gasteiger partial charge on any atom is 0.276 e. The fourth-order valence-electron chi connectivity index (χ4n) is 2.23. The Bertz CT molecular complexity index is 560. The first-order valence-corrected chi connectivity index (χ1v) is 6.89. The van der Waals surface area contributed by atoms with Gasteiger partial charge in [0, 0.05) is 28.1 Å². The molecule has 108 valence electrons. The van der Waals surface area contributed by atoms with Crippen LogP contribution in [0.25, 0.3) is 0 Å². The lowest BCUT2D eigenvalue weighted by molar-refractivity contribution is -0.143. The third-order valence-corrected chi connectivity index (χ3v) is 3.86. The monoisotopic (exact) mass is 294 g/mol. The normalized spacial score (nSPS) is 22.9. The van der Waals surface area contributed by atoms with Gasteiger partial charge in [-0.25, -0.2) is 0 Å². The fourth-order valence-corrected chi connectivity index (χ4v) is 2.36. The molecule has 20 heavy (non-hydrogen) atoms. The molecule has 1 aromatic rings. The molecule has 0 saturated carbocycles. The number of hydrazone groups is 1. The van der Waals surface area contributed by atoms with Crippen LogP contribution < -0.4 is 0 Å². The Balaban J connectivity index is 2.39. The van der Waals surface area contributed by atoms with Crippen molar-refractivity contribution in [3.63, 3.8) is 0 Å². The van der Waals surface area contributed by atoms with E-state index < -0.39 is 11.1 Å². The number of rotatable bonds is 1. The summed E-state index contributed by atoms with van der Waals surface area (Å²) in [6.07, 6.45) is 0.357. The molecule has 0 aliphatic carbocycles. The summed E-state index contributed by atoms with van der Waals surface area (Å²) in [5.41, 5.74) is -0.621. The summed E-state index contributed by atoms with van der Waals surface area (Å²) in [7, 11) is 0. The van der Waals surface area contributed by atoms with Crippen LogP contribution in [0.15, 0.2) is 29.4 Å². The van der Waals surface area contributed by atoms with E-state index in [0.29, 0.717) is 17.0 Å². The van der Waals surface area contributed by atoms with Gasteiger partial charge in [0.15, 0.2) is 5.72 Å². The number of carbonyl (C=O) groups excluding carboxylic acids is 1. The smallest absolute Gasteiger partial charge is 0.276 e. The number of benzene rings is 1. The molecule has 1 amide bonds.